The lowest BCUT2D eigenvalue weighted by atomic mass is 9.96. The van der Waals surface area contributed by atoms with E-state index in [9.17, 15) is 14.4 Å². The molecule has 0 spiro atoms. The van der Waals surface area contributed by atoms with Crippen molar-refractivity contribution in [1.82, 2.24) is 10.2 Å². The molecule has 1 atom stereocenters. The van der Waals surface area contributed by atoms with Gasteiger partial charge in [0.25, 0.3) is 0 Å². The van der Waals surface area contributed by atoms with Crippen molar-refractivity contribution in [3.8, 4) is 0 Å². The number of nitrogens with zero attached hydrogens (tertiary/aromatic N) is 1. The SMILES string of the molecule is CSc1ccc([C@H]2NC(=O)N(CC(=O)Nc3cc(C)ccc3C)C3=C2C(=O)OC3)cc1. The van der Waals surface area contributed by atoms with Crippen LogP contribution in [0.2, 0.25) is 0 Å². The Bertz CT molecular complexity index is 1090. The number of benzene rings is 2. The highest BCUT2D eigenvalue weighted by Crippen LogP contribution is 2.35. The summed E-state index contributed by atoms with van der Waals surface area (Å²) in [6.07, 6.45) is 1.98. The molecule has 2 N–H and O–H groups in total. The van der Waals surface area contributed by atoms with Gasteiger partial charge in [-0.3, -0.25) is 9.69 Å². The van der Waals surface area contributed by atoms with Crippen molar-refractivity contribution in [2.75, 3.05) is 24.7 Å². The minimum atomic E-state index is -0.605. The van der Waals surface area contributed by atoms with Gasteiger partial charge in [0.1, 0.15) is 13.2 Å². The molecule has 160 valence electrons. The molecule has 2 heterocycles. The lowest BCUT2D eigenvalue weighted by molar-refractivity contribution is -0.136. The summed E-state index contributed by atoms with van der Waals surface area (Å²) in [5, 5.41) is 5.71. The third kappa shape index (κ3) is 4.16. The maximum Gasteiger partial charge on any atom is 0.338 e. The molecule has 0 fully saturated rings. The van der Waals surface area contributed by atoms with E-state index >= 15 is 0 Å². The number of anilines is 1. The summed E-state index contributed by atoms with van der Waals surface area (Å²) < 4.78 is 5.23. The van der Waals surface area contributed by atoms with Crippen LogP contribution in [0.1, 0.15) is 22.7 Å². The summed E-state index contributed by atoms with van der Waals surface area (Å²) in [4.78, 5) is 40.4. The Hall–Kier alpha value is -3.26. The second kappa shape index (κ2) is 8.47. The molecular weight excluding hydrogens is 414 g/mol. The molecule has 0 saturated heterocycles. The predicted octanol–water partition coefficient (Wildman–Crippen LogP) is 3.54. The fourth-order valence-electron chi connectivity index (χ4n) is 3.73. The largest absolute Gasteiger partial charge is 0.456 e. The van der Waals surface area contributed by atoms with Gasteiger partial charge in [-0.05, 0) is 55.0 Å². The second-order valence-electron chi connectivity index (χ2n) is 7.54. The van der Waals surface area contributed by atoms with Gasteiger partial charge in [0.15, 0.2) is 0 Å². The van der Waals surface area contributed by atoms with Crippen molar-refractivity contribution in [2.45, 2.75) is 24.8 Å². The Balaban J connectivity index is 1.59. The summed E-state index contributed by atoms with van der Waals surface area (Å²) in [6, 6.07) is 12.4. The van der Waals surface area contributed by atoms with Gasteiger partial charge in [0, 0.05) is 10.6 Å². The van der Waals surface area contributed by atoms with E-state index in [0.717, 1.165) is 21.6 Å². The number of hydrogen-bond acceptors (Lipinski definition) is 5. The third-order valence-electron chi connectivity index (χ3n) is 5.42. The van der Waals surface area contributed by atoms with Gasteiger partial charge in [-0.15, -0.1) is 11.8 Å². The van der Waals surface area contributed by atoms with E-state index < -0.39 is 18.0 Å². The van der Waals surface area contributed by atoms with Crippen molar-refractivity contribution in [2.24, 2.45) is 0 Å². The standard InChI is InChI=1S/C23H23N3O4S/c1-13-4-5-14(2)17(10-13)24-19(27)11-26-18-12-30-22(28)20(18)21(25-23(26)29)15-6-8-16(31-3)9-7-15/h4-10,21H,11-12H2,1-3H3,(H,24,27)(H,25,29)/t21-/m1/s1. The van der Waals surface area contributed by atoms with Gasteiger partial charge in [-0.2, -0.15) is 0 Å². The normalized spacial score (nSPS) is 17.9. The van der Waals surface area contributed by atoms with E-state index in [1.54, 1.807) is 11.8 Å². The van der Waals surface area contributed by atoms with Gasteiger partial charge < -0.3 is 15.4 Å². The zero-order valence-electron chi connectivity index (χ0n) is 17.5. The molecule has 0 saturated carbocycles. The molecule has 2 aliphatic heterocycles. The van der Waals surface area contributed by atoms with Crippen molar-refractivity contribution in [3.63, 3.8) is 0 Å². The van der Waals surface area contributed by atoms with Crippen LogP contribution in [0, 0.1) is 13.8 Å². The number of nitrogens with one attached hydrogen (secondary N) is 2. The number of rotatable bonds is 5. The van der Waals surface area contributed by atoms with E-state index in [4.69, 9.17) is 4.74 Å². The quantitative estimate of drug-likeness (QED) is 0.552. The fourth-order valence-corrected chi connectivity index (χ4v) is 4.14. The Morgan fingerprint density at radius 3 is 2.65 bits per heavy atom. The molecule has 7 nitrogen and oxygen atoms in total. The Kier molecular flexibility index (Phi) is 5.73. The van der Waals surface area contributed by atoms with Crippen LogP contribution in [0.5, 0.6) is 0 Å². The molecule has 0 radical (unpaired) electrons. The molecule has 2 aliphatic rings. The van der Waals surface area contributed by atoms with Crippen LogP contribution in [0.25, 0.3) is 0 Å². The van der Waals surface area contributed by atoms with Crippen molar-refractivity contribution >= 4 is 35.4 Å². The molecule has 0 unspecified atom stereocenters. The number of cyclic esters (lactones) is 1. The summed E-state index contributed by atoms with van der Waals surface area (Å²) >= 11 is 1.61. The van der Waals surface area contributed by atoms with Gasteiger partial charge in [-0.1, -0.05) is 24.3 Å². The molecule has 0 bridgehead atoms. The lowest BCUT2D eigenvalue weighted by Crippen LogP contribution is -2.49. The number of hydrogen-bond donors (Lipinski definition) is 2. The monoisotopic (exact) mass is 437 g/mol. The van der Waals surface area contributed by atoms with E-state index in [1.165, 1.54) is 4.90 Å². The molecule has 2 aromatic rings. The zero-order chi connectivity index (χ0) is 22.1. The van der Waals surface area contributed by atoms with Crippen LogP contribution >= 0.6 is 11.8 Å². The van der Waals surface area contributed by atoms with Crippen LogP contribution in [-0.4, -0.2) is 42.2 Å². The smallest absolute Gasteiger partial charge is 0.338 e. The first-order valence-electron chi connectivity index (χ1n) is 9.86. The van der Waals surface area contributed by atoms with Crippen molar-refractivity contribution in [1.29, 1.82) is 0 Å². The van der Waals surface area contributed by atoms with Crippen LogP contribution < -0.4 is 10.6 Å². The summed E-state index contributed by atoms with van der Waals surface area (Å²) in [5.74, 6) is -0.827. The fraction of sp³-hybridized carbons (Fsp3) is 0.261. The van der Waals surface area contributed by atoms with Crippen molar-refractivity contribution in [3.05, 3.63) is 70.4 Å². The lowest BCUT2D eigenvalue weighted by Gasteiger charge is -2.32. The number of thioether (sulfide) groups is 1. The summed E-state index contributed by atoms with van der Waals surface area (Å²) in [7, 11) is 0. The highest BCUT2D eigenvalue weighted by molar-refractivity contribution is 7.98. The molecule has 4 rings (SSSR count). The molecule has 3 amide bonds. The third-order valence-corrected chi connectivity index (χ3v) is 6.16. The number of esters is 1. The second-order valence-corrected chi connectivity index (χ2v) is 8.42. The predicted molar refractivity (Wildman–Crippen MR) is 119 cm³/mol. The maximum atomic E-state index is 12.9. The number of ether oxygens (including phenoxy) is 1. The van der Waals surface area contributed by atoms with Gasteiger partial charge >= 0.3 is 12.0 Å². The molecule has 2 aromatic carbocycles. The van der Waals surface area contributed by atoms with Crippen LogP contribution in [0.3, 0.4) is 0 Å². The van der Waals surface area contributed by atoms with E-state index in [-0.39, 0.29) is 19.1 Å². The zero-order valence-corrected chi connectivity index (χ0v) is 18.3. The van der Waals surface area contributed by atoms with Gasteiger partial charge in [-0.25, -0.2) is 9.59 Å². The average molecular weight is 438 g/mol. The number of urea groups is 1. The number of carbonyl (C=O) groups is 3. The molecule has 8 heteroatoms. The number of carbonyl (C=O) groups excluding carboxylic acids is 3. The van der Waals surface area contributed by atoms with Crippen LogP contribution in [0.15, 0.2) is 58.6 Å². The van der Waals surface area contributed by atoms with E-state index in [1.807, 2.05) is 62.6 Å². The molecule has 31 heavy (non-hydrogen) atoms. The van der Waals surface area contributed by atoms with E-state index in [2.05, 4.69) is 10.6 Å². The van der Waals surface area contributed by atoms with Gasteiger partial charge in [0.2, 0.25) is 5.91 Å². The number of amides is 3. The average Bonchev–Trinajstić information content (AvgIpc) is 3.14. The molecule has 0 aliphatic carbocycles. The first-order chi connectivity index (χ1) is 14.9. The minimum Gasteiger partial charge on any atom is -0.456 e. The Morgan fingerprint density at radius 1 is 1.19 bits per heavy atom. The van der Waals surface area contributed by atoms with E-state index in [0.29, 0.717) is 17.0 Å². The number of aryl methyl sites for hydroxylation is 2. The maximum absolute atomic E-state index is 12.9. The summed E-state index contributed by atoms with van der Waals surface area (Å²) in [6.45, 7) is 3.60. The topological polar surface area (TPSA) is 87.7 Å². The first-order valence-corrected chi connectivity index (χ1v) is 11.1. The van der Waals surface area contributed by atoms with Crippen molar-refractivity contribution < 1.29 is 19.1 Å². The first kappa shape index (κ1) is 21.0. The molecule has 0 aromatic heterocycles. The Morgan fingerprint density at radius 2 is 1.94 bits per heavy atom. The highest BCUT2D eigenvalue weighted by Gasteiger charge is 2.42. The minimum absolute atomic E-state index is 0.0300. The summed E-state index contributed by atoms with van der Waals surface area (Å²) in [5.41, 5.74) is 4.24. The van der Waals surface area contributed by atoms with Crippen LogP contribution in [0.4, 0.5) is 10.5 Å². The van der Waals surface area contributed by atoms with Crippen LogP contribution in [-0.2, 0) is 14.3 Å². The Labute approximate surface area is 184 Å². The highest BCUT2D eigenvalue weighted by atomic mass is 32.2. The molecular formula is C23H23N3O4S. The van der Waals surface area contributed by atoms with Gasteiger partial charge in [0.05, 0.1) is 17.3 Å².